The zero-order valence-corrected chi connectivity index (χ0v) is 15.3. The van der Waals surface area contributed by atoms with Crippen molar-refractivity contribution in [3.8, 4) is 0 Å². The molecule has 0 spiro atoms. The minimum atomic E-state index is -3.23. The van der Waals surface area contributed by atoms with Gasteiger partial charge >= 0.3 is 131 Å². The molecule has 0 rings (SSSR count). The Labute approximate surface area is 131 Å². The van der Waals surface area contributed by atoms with Crippen molar-refractivity contribution in [1.29, 1.82) is 0 Å². The van der Waals surface area contributed by atoms with E-state index < -0.39 is 26.6 Å². The molecule has 0 atom stereocenters. The van der Waals surface area contributed by atoms with Gasteiger partial charge in [-0.1, -0.05) is 0 Å². The third-order valence-corrected chi connectivity index (χ3v) is 12.4. The van der Waals surface area contributed by atoms with Crippen LogP contribution in [0.15, 0.2) is 75.9 Å². The summed E-state index contributed by atoms with van der Waals surface area (Å²) in [4.78, 5) is 0. The predicted octanol–water partition coefficient (Wildman–Crippen LogP) is 5.57. The molecule has 0 saturated heterocycles. The van der Waals surface area contributed by atoms with Gasteiger partial charge in [0.15, 0.2) is 0 Å². The van der Waals surface area contributed by atoms with Gasteiger partial charge in [0, 0.05) is 0 Å². The standard InChI is InChI=1S/2C9H13.O.Sn/c2*1-4-7-9(6-3)8-5-2;;/h2*4-6H,1-3,7-8H2;;. The second-order valence-corrected chi connectivity index (χ2v) is 12.6. The van der Waals surface area contributed by atoms with Gasteiger partial charge in [-0.15, -0.1) is 0 Å². The maximum atomic E-state index is 13.5. The molecule has 108 valence electrons. The Balaban J connectivity index is 5.89. The molecule has 20 heavy (non-hydrogen) atoms. The molecule has 0 N–H and O–H groups in total. The molecule has 2 heteroatoms. The third-order valence-electron chi connectivity index (χ3n) is 3.72. The third kappa shape index (κ3) is 4.02. The molecular weight excluding hydrogens is 351 g/mol. The summed E-state index contributed by atoms with van der Waals surface area (Å²) in [6.07, 6.45) is 13.6. The molecule has 0 saturated carbocycles. The van der Waals surface area contributed by atoms with Gasteiger partial charge in [0.05, 0.1) is 0 Å². The monoisotopic (exact) mass is 378 g/mol. The van der Waals surface area contributed by atoms with E-state index in [9.17, 15) is 3.08 Å². The predicted molar refractivity (Wildman–Crippen MR) is 91.5 cm³/mol. The second kappa shape index (κ2) is 9.06. The van der Waals surface area contributed by atoms with Crippen LogP contribution in [0.3, 0.4) is 0 Å². The first-order valence-electron chi connectivity index (χ1n) is 6.78. The number of hydrogen-bond acceptors (Lipinski definition) is 1. The molecule has 0 unspecified atom stereocenters. The molecule has 0 aromatic carbocycles. The average molecular weight is 377 g/mol. The van der Waals surface area contributed by atoms with E-state index in [1.165, 1.54) is 0 Å². The summed E-state index contributed by atoms with van der Waals surface area (Å²) in [5.74, 6) is 0. The van der Waals surface area contributed by atoms with Crippen LogP contribution < -0.4 is 0 Å². The number of rotatable bonds is 12. The summed E-state index contributed by atoms with van der Waals surface area (Å²) < 4.78 is 12.6. The fraction of sp³-hybridized carbons (Fsp3) is 0.333. The van der Waals surface area contributed by atoms with E-state index in [1.807, 2.05) is 36.5 Å². The SMILES string of the molecule is C=CC[C](C=C)(CC=C)[Sn](=[O])[C](C=C)(CC=C)CC=C. The Kier molecular flexibility index (Phi) is 8.63. The Morgan fingerprint density at radius 2 is 0.900 bits per heavy atom. The zero-order valence-electron chi connectivity index (χ0n) is 12.4. The molecule has 0 radical (unpaired) electrons. The molecule has 0 aliphatic rings. The first kappa shape index (κ1) is 19.0. The van der Waals surface area contributed by atoms with Crippen LogP contribution in [0.1, 0.15) is 25.7 Å². The van der Waals surface area contributed by atoms with Gasteiger partial charge in [0.2, 0.25) is 0 Å². The van der Waals surface area contributed by atoms with Crippen LogP contribution in [-0.2, 0) is 3.08 Å². The van der Waals surface area contributed by atoms with Gasteiger partial charge in [-0.3, -0.25) is 0 Å². The van der Waals surface area contributed by atoms with Crippen LogP contribution in [0.25, 0.3) is 0 Å². The van der Waals surface area contributed by atoms with E-state index in [-0.39, 0.29) is 0 Å². The zero-order chi connectivity index (χ0) is 15.6. The van der Waals surface area contributed by atoms with Crippen molar-refractivity contribution < 1.29 is 3.08 Å². The Morgan fingerprint density at radius 1 is 0.650 bits per heavy atom. The fourth-order valence-corrected chi connectivity index (χ4v) is 10.2. The summed E-state index contributed by atoms with van der Waals surface area (Å²) in [5, 5.41) is 0. The van der Waals surface area contributed by atoms with Gasteiger partial charge in [0.25, 0.3) is 0 Å². The van der Waals surface area contributed by atoms with E-state index in [4.69, 9.17) is 0 Å². The van der Waals surface area contributed by atoms with Crippen molar-refractivity contribution in [2.24, 2.45) is 0 Å². The van der Waals surface area contributed by atoms with Crippen LogP contribution in [-0.4, -0.2) is 19.7 Å². The van der Waals surface area contributed by atoms with Crippen molar-refractivity contribution in [1.82, 2.24) is 0 Å². The van der Waals surface area contributed by atoms with Crippen molar-refractivity contribution in [3.05, 3.63) is 75.9 Å². The quantitative estimate of drug-likeness (QED) is 0.321. The Bertz CT molecular complexity index is 359. The van der Waals surface area contributed by atoms with E-state index in [1.54, 1.807) is 0 Å². The van der Waals surface area contributed by atoms with Gasteiger partial charge in [0.1, 0.15) is 0 Å². The first-order valence-corrected chi connectivity index (χ1v) is 10.8. The molecule has 0 aliphatic carbocycles. The van der Waals surface area contributed by atoms with E-state index in [0.717, 1.165) is 0 Å². The number of allylic oxidation sites excluding steroid dienone is 6. The molecule has 0 aliphatic heterocycles. The molecule has 0 amide bonds. The molecular formula is C18H26OSn. The van der Waals surface area contributed by atoms with E-state index in [0.29, 0.717) is 25.7 Å². The second-order valence-electron chi connectivity index (χ2n) is 5.02. The van der Waals surface area contributed by atoms with Crippen LogP contribution in [0.4, 0.5) is 0 Å². The number of hydrogen-bond donors (Lipinski definition) is 0. The van der Waals surface area contributed by atoms with Gasteiger partial charge in [-0.05, 0) is 0 Å². The van der Waals surface area contributed by atoms with E-state index >= 15 is 0 Å². The molecule has 0 aromatic heterocycles. The summed E-state index contributed by atoms with van der Waals surface area (Å²) in [5.41, 5.74) is 0. The van der Waals surface area contributed by atoms with Crippen LogP contribution in [0, 0.1) is 0 Å². The molecule has 1 nitrogen and oxygen atoms in total. The van der Waals surface area contributed by atoms with Crippen LogP contribution in [0.2, 0.25) is 6.86 Å². The van der Waals surface area contributed by atoms with Gasteiger partial charge in [-0.2, -0.15) is 0 Å². The van der Waals surface area contributed by atoms with Crippen molar-refractivity contribution >= 4 is 19.7 Å². The normalized spacial score (nSPS) is 11.2. The van der Waals surface area contributed by atoms with Crippen LogP contribution in [0.5, 0.6) is 0 Å². The van der Waals surface area contributed by atoms with E-state index in [2.05, 4.69) is 39.5 Å². The molecule has 0 heterocycles. The first-order chi connectivity index (χ1) is 9.52. The minimum absolute atomic E-state index is 0.411. The maximum absolute atomic E-state index is 13.5. The summed E-state index contributed by atoms with van der Waals surface area (Å²) in [6.45, 7) is 23.1. The van der Waals surface area contributed by atoms with Gasteiger partial charge in [-0.25, -0.2) is 0 Å². The van der Waals surface area contributed by atoms with Crippen molar-refractivity contribution in [2.45, 2.75) is 32.5 Å². The summed E-state index contributed by atoms with van der Waals surface area (Å²) >= 11 is -3.23. The summed E-state index contributed by atoms with van der Waals surface area (Å²) in [6, 6.07) is 0. The van der Waals surface area contributed by atoms with Crippen molar-refractivity contribution in [2.75, 3.05) is 0 Å². The average Bonchev–Trinajstić information content (AvgIpc) is 2.45. The van der Waals surface area contributed by atoms with Gasteiger partial charge < -0.3 is 0 Å². The van der Waals surface area contributed by atoms with Crippen molar-refractivity contribution in [3.63, 3.8) is 0 Å². The topological polar surface area (TPSA) is 17.1 Å². The molecule has 0 fully saturated rings. The Hall–Kier alpha value is -0.961. The molecule has 0 aromatic rings. The Morgan fingerprint density at radius 3 is 1.05 bits per heavy atom. The fourth-order valence-electron chi connectivity index (χ4n) is 2.58. The van der Waals surface area contributed by atoms with Crippen LogP contribution >= 0.6 is 0 Å². The summed E-state index contributed by atoms with van der Waals surface area (Å²) in [7, 11) is 0. The molecule has 0 bridgehead atoms.